The van der Waals surface area contributed by atoms with Gasteiger partial charge in [0.15, 0.2) is 0 Å². The first-order valence-corrected chi connectivity index (χ1v) is 8.75. The van der Waals surface area contributed by atoms with Crippen LogP contribution in [0.1, 0.15) is 59.4 Å². The minimum absolute atomic E-state index is 0.127. The fourth-order valence-corrected chi connectivity index (χ4v) is 2.97. The number of likely N-dealkylation sites (N-methyl/N-ethyl adjacent to an activating group) is 1. The maximum absolute atomic E-state index is 6.03. The second-order valence-corrected chi connectivity index (χ2v) is 7.68. The predicted octanol–water partition coefficient (Wildman–Crippen LogP) is 6.07. The highest BCUT2D eigenvalue weighted by Crippen LogP contribution is 2.31. The Bertz CT molecular complexity index is 469. The van der Waals surface area contributed by atoms with Crippen LogP contribution in [0, 0.1) is 0 Å². The third-order valence-electron chi connectivity index (χ3n) is 4.30. The summed E-state index contributed by atoms with van der Waals surface area (Å²) in [6.45, 7) is 12.4. The highest BCUT2D eigenvalue weighted by Gasteiger charge is 2.26. The molecule has 0 aliphatic carbocycles. The number of allylic oxidation sites excluding steroid dienone is 1. The van der Waals surface area contributed by atoms with Crippen LogP contribution in [0.25, 0.3) is 0 Å². The summed E-state index contributed by atoms with van der Waals surface area (Å²) >= 11 is 6.03. The molecule has 0 aliphatic rings. The molecule has 1 rings (SSSR count). The van der Waals surface area contributed by atoms with E-state index in [-0.39, 0.29) is 5.41 Å². The molecule has 0 spiro atoms. The van der Waals surface area contributed by atoms with Gasteiger partial charge in [0, 0.05) is 11.1 Å². The normalized spacial score (nSPS) is 13.3. The van der Waals surface area contributed by atoms with Crippen LogP contribution in [0.5, 0.6) is 0 Å². The first-order valence-electron chi connectivity index (χ1n) is 8.37. The molecule has 1 unspecified atom stereocenters. The molecule has 0 radical (unpaired) electrons. The molecule has 0 heterocycles. The molecule has 2 heteroatoms. The minimum atomic E-state index is 0.127. The highest BCUT2D eigenvalue weighted by atomic mass is 35.5. The smallest absolute Gasteiger partial charge is 0.0406 e. The Morgan fingerprint density at radius 1 is 1.23 bits per heavy atom. The lowest BCUT2D eigenvalue weighted by Gasteiger charge is -2.34. The molecular weight excluding hydrogens is 290 g/mol. The number of nitrogens with zero attached hydrogens (tertiary/aromatic N) is 1. The van der Waals surface area contributed by atoms with Crippen molar-refractivity contribution in [2.75, 3.05) is 13.6 Å². The van der Waals surface area contributed by atoms with Crippen LogP contribution in [-0.4, -0.2) is 24.5 Å². The molecule has 0 aliphatic heterocycles. The Balaban J connectivity index is 2.91. The van der Waals surface area contributed by atoms with Gasteiger partial charge in [-0.3, -0.25) is 4.90 Å². The van der Waals surface area contributed by atoms with E-state index in [4.69, 9.17) is 11.6 Å². The van der Waals surface area contributed by atoms with E-state index in [0.29, 0.717) is 6.04 Å². The second kappa shape index (κ2) is 8.74. The average molecular weight is 322 g/mol. The second-order valence-electron chi connectivity index (χ2n) is 7.24. The fourth-order valence-electron chi connectivity index (χ4n) is 2.84. The van der Waals surface area contributed by atoms with Crippen molar-refractivity contribution < 1.29 is 0 Å². The van der Waals surface area contributed by atoms with Gasteiger partial charge in [-0.1, -0.05) is 62.6 Å². The van der Waals surface area contributed by atoms with Crippen LogP contribution in [0.15, 0.2) is 35.9 Å². The van der Waals surface area contributed by atoms with Gasteiger partial charge in [0.2, 0.25) is 0 Å². The zero-order chi connectivity index (χ0) is 16.8. The van der Waals surface area contributed by atoms with E-state index in [1.54, 1.807) is 0 Å². The van der Waals surface area contributed by atoms with Crippen molar-refractivity contribution in [2.24, 2.45) is 0 Å². The van der Waals surface area contributed by atoms with Gasteiger partial charge in [0.05, 0.1) is 0 Å². The van der Waals surface area contributed by atoms with Crippen molar-refractivity contribution in [3.63, 3.8) is 0 Å². The van der Waals surface area contributed by atoms with Crippen LogP contribution in [0.2, 0.25) is 5.02 Å². The molecule has 1 atom stereocenters. The van der Waals surface area contributed by atoms with Gasteiger partial charge in [-0.25, -0.2) is 0 Å². The standard InChI is InChI=1S/C20H32ClN/c1-7-8-13-22(6)19(14-16(2)3)15-20(4,5)17-9-11-18(21)12-10-17/h9-12,14,19H,7-8,13,15H2,1-6H3. The molecule has 1 nitrogen and oxygen atoms in total. The van der Waals surface area contributed by atoms with Gasteiger partial charge in [0.1, 0.15) is 0 Å². The van der Waals surface area contributed by atoms with E-state index in [2.05, 4.69) is 64.8 Å². The Kier molecular flexibility index (Phi) is 7.65. The molecule has 22 heavy (non-hydrogen) atoms. The molecule has 0 aromatic heterocycles. The number of halogens is 1. The van der Waals surface area contributed by atoms with Crippen LogP contribution in [0.4, 0.5) is 0 Å². The molecule has 0 fully saturated rings. The zero-order valence-electron chi connectivity index (χ0n) is 15.1. The van der Waals surface area contributed by atoms with Crippen molar-refractivity contribution in [3.8, 4) is 0 Å². The van der Waals surface area contributed by atoms with Gasteiger partial charge in [0.25, 0.3) is 0 Å². The van der Waals surface area contributed by atoms with E-state index < -0.39 is 0 Å². The van der Waals surface area contributed by atoms with Crippen LogP contribution in [-0.2, 0) is 5.41 Å². The van der Waals surface area contributed by atoms with Crippen molar-refractivity contribution in [1.29, 1.82) is 0 Å². The van der Waals surface area contributed by atoms with Crippen LogP contribution in [0.3, 0.4) is 0 Å². The van der Waals surface area contributed by atoms with Crippen LogP contribution < -0.4 is 0 Å². The van der Waals surface area contributed by atoms with E-state index in [9.17, 15) is 0 Å². The number of hydrogen-bond acceptors (Lipinski definition) is 1. The van der Waals surface area contributed by atoms with Crippen molar-refractivity contribution in [1.82, 2.24) is 4.90 Å². The molecule has 0 N–H and O–H groups in total. The molecule has 0 bridgehead atoms. The van der Waals surface area contributed by atoms with Crippen molar-refractivity contribution in [2.45, 2.75) is 65.3 Å². The predicted molar refractivity (Wildman–Crippen MR) is 99.9 cm³/mol. The van der Waals surface area contributed by atoms with Crippen LogP contribution >= 0.6 is 11.6 Å². The number of benzene rings is 1. The van der Waals surface area contributed by atoms with Crippen molar-refractivity contribution in [3.05, 3.63) is 46.5 Å². The lowest BCUT2D eigenvalue weighted by Crippen LogP contribution is -2.36. The Morgan fingerprint density at radius 2 is 1.82 bits per heavy atom. The Labute approximate surface area is 142 Å². The lowest BCUT2D eigenvalue weighted by atomic mass is 9.78. The molecule has 1 aromatic carbocycles. The molecule has 1 aromatic rings. The summed E-state index contributed by atoms with van der Waals surface area (Å²) in [4.78, 5) is 2.49. The highest BCUT2D eigenvalue weighted by molar-refractivity contribution is 6.30. The first-order chi connectivity index (χ1) is 10.3. The quantitative estimate of drug-likeness (QED) is 0.525. The van der Waals surface area contributed by atoms with E-state index in [1.807, 2.05) is 12.1 Å². The summed E-state index contributed by atoms with van der Waals surface area (Å²) in [6, 6.07) is 8.79. The summed E-state index contributed by atoms with van der Waals surface area (Å²) in [7, 11) is 2.25. The Morgan fingerprint density at radius 3 is 2.32 bits per heavy atom. The summed E-state index contributed by atoms with van der Waals surface area (Å²) in [5.41, 5.74) is 2.87. The number of rotatable bonds is 8. The van der Waals surface area contributed by atoms with Gasteiger partial charge < -0.3 is 0 Å². The third-order valence-corrected chi connectivity index (χ3v) is 4.55. The molecular formula is C20H32ClN. The van der Waals surface area contributed by atoms with Gasteiger partial charge in [-0.2, -0.15) is 0 Å². The third kappa shape index (κ3) is 6.14. The molecule has 0 saturated carbocycles. The lowest BCUT2D eigenvalue weighted by molar-refractivity contribution is 0.234. The summed E-state index contributed by atoms with van der Waals surface area (Å²) < 4.78 is 0. The topological polar surface area (TPSA) is 3.24 Å². The first kappa shape index (κ1) is 19.3. The maximum Gasteiger partial charge on any atom is 0.0406 e. The van der Waals surface area contributed by atoms with Gasteiger partial charge in [-0.15, -0.1) is 0 Å². The van der Waals surface area contributed by atoms with Gasteiger partial charge in [-0.05, 0) is 63.4 Å². The van der Waals surface area contributed by atoms with E-state index >= 15 is 0 Å². The SMILES string of the molecule is CCCCN(C)C(C=C(C)C)CC(C)(C)c1ccc(Cl)cc1. The fraction of sp³-hybridized carbons (Fsp3) is 0.600. The molecule has 0 amide bonds. The molecule has 0 saturated heterocycles. The van der Waals surface area contributed by atoms with E-state index in [1.165, 1.54) is 24.0 Å². The summed E-state index contributed by atoms with van der Waals surface area (Å²) in [5.74, 6) is 0. The number of hydrogen-bond donors (Lipinski definition) is 0. The maximum atomic E-state index is 6.03. The Hall–Kier alpha value is -0.790. The summed E-state index contributed by atoms with van der Waals surface area (Å²) in [5, 5.41) is 0.806. The minimum Gasteiger partial charge on any atom is -0.300 e. The largest absolute Gasteiger partial charge is 0.300 e. The number of unbranched alkanes of at least 4 members (excludes halogenated alkanes) is 1. The average Bonchev–Trinajstić information content (AvgIpc) is 2.43. The van der Waals surface area contributed by atoms with E-state index in [0.717, 1.165) is 18.0 Å². The zero-order valence-corrected chi connectivity index (χ0v) is 15.9. The summed E-state index contributed by atoms with van der Waals surface area (Å²) in [6.07, 6.45) is 6.02. The monoisotopic (exact) mass is 321 g/mol. The van der Waals surface area contributed by atoms with Gasteiger partial charge >= 0.3 is 0 Å². The molecule has 124 valence electrons. The van der Waals surface area contributed by atoms with Crippen molar-refractivity contribution >= 4 is 11.6 Å².